The Kier molecular flexibility index (Phi) is 6.94. The highest BCUT2D eigenvalue weighted by molar-refractivity contribution is 5.93. The molecule has 0 aromatic carbocycles. The summed E-state index contributed by atoms with van der Waals surface area (Å²) in [5.74, 6) is -0.0907. The number of nitrogens with zero attached hydrogens (tertiary/aromatic N) is 1. The fourth-order valence-corrected chi connectivity index (χ4v) is 2.63. The van der Waals surface area contributed by atoms with Crippen molar-refractivity contribution in [2.75, 3.05) is 18.4 Å². The van der Waals surface area contributed by atoms with Crippen LogP contribution in [0.5, 0.6) is 0 Å². The molecular formula is C18H27N3O. The van der Waals surface area contributed by atoms with Crippen LogP contribution in [0.4, 0.5) is 5.69 Å². The molecule has 1 aromatic rings. The fraction of sp³-hybridized carbons (Fsp3) is 0.556. The van der Waals surface area contributed by atoms with Gasteiger partial charge < -0.3 is 10.6 Å². The normalized spacial score (nSPS) is 14.3. The number of hydrogen-bond acceptors (Lipinski definition) is 3. The lowest BCUT2D eigenvalue weighted by Crippen LogP contribution is -2.25. The van der Waals surface area contributed by atoms with Crippen molar-refractivity contribution < 1.29 is 4.79 Å². The number of hydrogen-bond donors (Lipinski definition) is 2. The first-order chi connectivity index (χ1) is 10.8. The minimum absolute atomic E-state index is 0.0907. The third-order valence-corrected chi connectivity index (χ3v) is 3.97. The summed E-state index contributed by atoms with van der Waals surface area (Å²) in [6.45, 7) is 3.73. The molecule has 0 fully saturated rings. The second-order valence-corrected chi connectivity index (χ2v) is 5.82. The predicted molar refractivity (Wildman–Crippen MR) is 91.1 cm³/mol. The van der Waals surface area contributed by atoms with Gasteiger partial charge in [-0.15, -0.1) is 0 Å². The number of anilines is 1. The molecule has 1 aromatic heterocycles. The average Bonchev–Trinajstić information content (AvgIpc) is 2.56. The molecule has 0 radical (unpaired) electrons. The van der Waals surface area contributed by atoms with Crippen molar-refractivity contribution >= 4 is 11.6 Å². The summed E-state index contributed by atoms with van der Waals surface area (Å²) in [5, 5.41) is 6.29. The van der Waals surface area contributed by atoms with Crippen LogP contribution in [0.2, 0.25) is 0 Å². The monoisotopic (exact) mass is 301 g/mol. The van der Waals surface area contributed by atoms with Gasteiger partial charge in [0.1, 0.15) is 5.69 Å². The van der Waals surface area contributed by atoms with Crippen LogP contribution in [-0.2, 0) is 0 Å². The number of carbonyl (C=O) groups excluding carboxylic acids is 1. The lowest BCUT2D eigenvalue weighted by molar-refractivity contribution is 0.0948. The quantitative estimate of drug-likeness (QED) is 0.565. The van der Waals surface area contributed by atoms with Gasteiger partial charge in [-0.1, -0.05) is 25.0 Å². The van der Waals surface area contributed by atoms with Gasteiger partial charge in [0.2, 0.25) is 0 Å². The van der Waals surface area contributed by atoms with Crippen LogP contribution >= 0.6 is 0 Å². The van der Waals surface area contributed by atoms with E-state index in [0.29, 0.717) is 12.2 Å². The zero-order valence-electron chi connectivity index (χ0n) is 13.5. The summed E-state index contributed by atoms with van der Waals surface area (Å²) < 4.78 is 0. The molecule has 120 valence electrons. The maximum atomic E-state index is 12.0. The summed E-state index contributed by atoms with van der Waals surface area (Å²) in [7, 11) is 0. The number of carbonyl (C=O) groups is 1. The van der Waals surface area contributed by atoms with Gasteiger partial charge in [0.25, 0.3) is 5.91 Å². The van der Waals surface area contributed by atoms with Crippen LogP contribution in [0.1, 0.15) is 62.4 Å². The van der Waals surface area contributed by atoms with Crippen molar-refractivity contribution in [3.8, 4) is 0 Å². The van der Waals surface area contributed by atoms with Crippen molar-refractivity contribution in [3.05, 3.63) is 35.7 Å². The number of amides is 1. The van der Waals surface area contributed by atoms with Gasteiger partial charge >= 0.3 is 0 Å². The number of unbranched alkanes of at least 4 members (excludes halogenated alkanes) is 1. The van der Waals surface area contributed by atoms with Gasteiger partial charge in [-0.2, -0.15) is 0 Å². The molecule has 2 rings (SSSR count). The summed E-state index contributed by atoms with van der Waals surface area (Å²) >= 11 is 0. The number of rotatable bonds is 8. The molecule has 1 aliphatic carbocycles. The third-order valence-electron chi connectivity index (χ3n) is 3.97. The minimum atomic E-state index is -0.0907. The minimum Gasteiger partial charge on any atom is -0.385 e. The van der Waals surface area contributed by atoms with Gasteiger partial charge in [-0.3, -0.25) is 9.78 Å². The van der Waals surface area contributed by atoms with Crippen molar-refractivity contribution in [2.45, 2.75) is 51.9 Å². The van der Waals surface area contributed by atoms with E-state index >= 15 is 0 Å². The van der Waals surface area contributed by atoms with Gasteiger partial charge in [-0.05, 0) is 50.7 Å². The molecule has 0 unspecified atom stereocenters. The molecule has 4 nitrogen and oxygen atoms in total. The Morgan fingerprint density at radius 3 is 3.00 bits per heavy atom. The van der Waals surface area contributed by atoms with Crippen LogP contribution in [0.15, 0.2) is 30.0 Å². The number of pyridine rings is 1. The van der Waals surface area contributed by atoms with Crippen LogP contribution < -0.4 is 10.6 Å². The molecule has 0 saturated heterocycles. The lowest BCUT2D eigenvalue weighted by atomic mass is 9.97. The van der Waals surface area contributed by atoms with Crippen molar-refractivity contribution in [3.63, 3.8) is 0 Å². The van der Waals surface area contributed by atoms with Crippen molar-refractivity contribution in [1.82, 2.24) is 10.3 Å². The van der Waals surface area contributed by atoms with Gasteiger partial charge in [-0.25, -0.2) is 0 Å². The Labute approximate surface area is 133 Å². The first-order valence-electron chi connectivity index (χ1n) is 8.45. The smallest absolute Gasteiger partial charge is 0.269 e. The molecule has 0 aliphatic heterocycles. The Morgan fingerprint density at radius 1 is 1.32 bits per heavy atom. The summed E-state index contributed by atoms with van der Waals surface area (Å²) in [4.78, 5) is 16.1. The molecule has 1 heterocycles. The van der Waals surface area contributed by atoms with E-state index in [1.807, 2.05) is 12.1 Å². The van der Waals surface area contributed by atoms with E-state index in [9.17, 15) is 4.79 Å². The fourth-order valence-electron chi connectivity index (χ4n) is 2.63. The topological polar surface area (TPSA) is 54.0 Å². The molecule has 1 aliphatic rings. The lowest BCUT2D eigenvalue weighted by Gasteiger charge is -2.13. The number of allylic oxidation sites excluding steroid dienone is 1. The van der Waals surface area contributed by atoms with Crippen LogP contribution in [0, 0.1) is 0 Å². The van der Waals surface area contributed by atoms with E-state index in [2.05, 4.69) is 28.6 Å². The second kappa shape index (κ2) is 9.23. The standard InChI is InChI=1S/C18H27N3O/c1-2-3-11-21-18(22)17-14-16(10-13-20-17)19-12-9-15-7-5-4-6-8-15/h7,10,13-14H,2-6,8-9,11-12H2,1H3,(H,19,20)(H,21,22). The van der Waals surface area contributed by atoms with Gasteiger partial charge in [0, 0.05) is 25.0 Å². The Bertz CT molecular complexity index is 511. The highest BCUT2D eigenvalue weighted by atomic mass is 16.1. The summed E-state index contributed by atoms with van der Waals surface area (Å²) in [6, 6.07) is 3.74. The molecule has 0 atom stereocenters. The Balaban J connectivity index is 1.80. The zero-order chi connectivity index (χ0) is 15.6. The van der Waals surface area contributed by atoms with Crippen LogP contribution in [-0.4, -0.2) is 24.0 Å². The van der Waals surface area contributed by atoms with Crippen LogP contribution in [0.25, 0.3) is 0 Å². The average molecular weight is 301 g/mol. The third kappa shape index (κ3) is 5.51. The molecule has 0 spiro atoms. The van der Waals surface area contributed by atoms with Crippen LogP contribution in [0.3, 0.4) is 0 Å². The van der Waals surface area contributed by atoms with E-state index < -0.39 is 0 Å². The first-order valence-corrected chi connectivity index (χ1v) is 8.45. The summed E-state index contributed by atoms with van der Waals surface area (Å²) in [6.07, 6.45) is 12.3. The van der Waals surface area contributed by atoms with E-state index in [4.69, 9.17) is 0 Å². The molecule has 0 saturated carbocycles. The molecule has 4 heteroatoms. The first kappa shape index (κ1) is 16.5. The Hall–Kier alpha value is -1.84. The second-order valence-electron chi connectivity index (χ2n) is 5.82. The van der Waals surface area contributed by atoms with E-state index in [0.717, 1.165) is 31.5 Å². The number of nitrogens with one attached hydrogen (secondary N) is 2. The molecule has 2 N–H and O–H groups in total. The number of aromatic nitrogens is 1. The van der Waals surface area contributed by atoms with E-state index in [-0.39, 0.29) is 5.91 Å². The maximum absolute atomic E-state index is 12.0. The van der Waals surface area contributed by atoms with Gasteiger partial charge in [0.05, 0.1) is 0 Å². The van der Waals surface area contributed by atoms with Gasteiger partial charge in [0.15, 0.2) is 0 Å². The Morgan fingerprint density at radius 2 is 2.23 bits per heavy atom. The largest absolute Gasteiger partial charge is 0.385 e. The molecule has 0 bridgehead atoms. The van der Waals surface area contributed by atoms with E-state index in [1.54, 1.807) is 11.8 Å². The highest BCUT2D eigenvalue weighted by Crippen LogP contribution is 2.20. The predicted octanol–water partition coefficient (Wildman–Crippen LogP) is 3.91. The maximum Gasteiger partial charge on any atom is 0.269 e. The SMILES string of the molecule is CCCCNC(=O)c1cc(NCCC2=CCCCC2)ccn1. The zero-order valence-corrected chi connectivity index (χ0v) is 13.5. The molecule has 1 amide bonds. The molecule has 22 heavy (non-hydrogen) atoms. The van der Waals surface area contributed by atoms with Crippen molar-refractivity contribution in [1.29, 1.82) is 0 Å². The van der Waals surface area contributed by atoms with E-state index in [1.165, 1.54) is 25.7 Å². The molecular weight excluding hydrogens is 274 g/mol. The highest BCUT2D eigenvalue weighted by Gasteiger charge is 2.07. The van der Waals surface area contributed by atoms with Crippen molar-refractivity contribution in [2.24, 2.45) is 0 Å². The summed E-state index contributed by atoms with van der Waals surface area (Å²) in [5.41, 5.74) is 3.01.